The van der Waals surface area contributed by atoms with Crippen LogP contribution in [0.1, 0.15) is 40.9 Å². The third-order valence-electron chi connectivity index (χ3n) is 7.37. The van der Waals surface area contributed by atoms with Crippen LogP contribution in [0.4, 0.5) is 0 Å². The average Bonchev–Trinajstić information content (AvgIpc) is 3.28. The van der Waals surface area contributed by atoms with Gasteiger partial charge in [-0.1, -0.05) is 84.9 Å². The molecule has 0 amide bonds. The Hall–Kier alpha value is -2.34. The summed E-state index contributed by atoms with van der Waals surface area (Å²) in [6.45, 7) is 10.7. The molecule has 0 spiro atoms. The first-order valence-electron chi connectivity index (χ1n) is 12.3. The lowest BCUT2D eigenvalue weighted by atomic mass is 9.72. The minimum atomic E-state index is -0.327. The van der Waals surface area contributed by atoms with E-state index in [1.54, 1.807) is 0 Å². The number of imidazole rings is 1. The van der Waals surface area contributed by atoms with Gasteiger partial charge in [0, 0.05) is 43.4 Å². The zero-order valence-electron chi connectivity index (χ0n) is 21.6. The molecule has 1 atom stereocenters. The van der Waals surface area contributed by atoms with Gasteiger partial charge in [0.1, 0.15) is 5.82 Å². The van der Waals surface area contributed by atoms with Crippen molar-refractivity contribution in [3.8, 4) is 11.4 Å². The monoisotopic (exact) mass is 558 g/mol. The first kappa shape index (κ1) is 30.9. The second kappa shape index (κ2) is 13.5. The Kier molecular flexibility index (Phi) is 11.2. The van der Waals surface area contributed by atoms with Crippen LogP contribution in [0.2, 0.25) is 0 Å². The molecule has 5 rings (SSSR count). The fourth-order valence-corrected chi connectivity index (χ4v) is 5.65. The maximum atomic E-state index is 5.34. The number of benzene rings is 3. The van der Waals surface area contributed by atoms with Gasteiger partial charge in [-0.3, -0.25) is 4.90 Å². The highest BCUT2D eigenvalue weighted by Crippen LogP contribution is 2.47. The number of hydrogen-bond donors (Lipinski definition) is 2. The van der Waals surface area contributed by atoms with Crippen molar-refractivity contribution in [2.45, 2.75) is 32.2 Å². The summed E-state index contributed by atoms with van der Waals surface area (Å²) in [7, 11) is 0. The number of rotatable bonds is 6. The first-order valence-corrected chi connectivity index (χ1v) is 12.3. The molecule has 1 unspecified atom stereocenters. The highest BCUT2D eigenvalue weighted by molar-refractivity contribution is 5.86. The number of nitrogens with zero attached hydrogens (tertiary/aromatic N) is 2. The number of aromatic amines is 1. The van der Waals surface area contributed by atoms with E-state index in [0.717, 1.165) is 49.0 Å². The Bertz CT molecular complexity index is 1200. The molecular weight excluding hydrogens is 523 g/mol. The van der Waals surface area contributed by atoms with E-state index < -0.39 is 0 Å². The second-order valence-corrected chi connectivity index (χ2v) is 9.51. The van der Waals surface area contributed by atoms with Crippen molar-refractivity contribution in [3.05, 3.63) is 113 Å². The Labute approximate surface area is 239 Å². The Morgan fingerprint density at radius 2 is 1.27 bits per heavy atom. The second-order valence-electron chi connectivity index (χ2n) is 9.51. The number of aromatic nitrogens is 2. The maximum Gasteiger partial charge on any atom is 0.138 e. The normalized spacial score (nSPS) is 15.1. The molecule has 1 fully saturated rings. The fraction of sp³-hybridized carbons (Fsp3) is 0.300. The van der Waals surface area contributed by atoms with E-state index in [4.69, 9.17) is 4.98 Å². The van der Waals surface area contributed by atoms with Crippen LogP contribution in [0.3, 0.4) is 0 Å². The number of halogens is 3. The van der Waals surface area contributed by atoms with E-state index in [1.165, 1.54) is 16.7 Å². The van der Waals surface area contributed by atoms with Crippen LogP contribution in [0.15, 0.2) is 84.9 Å². The van der Waals surface area contributed by atoms with Gasteiger partial charge in [-0.2, -0.15) is 0 Å². The van der Waals surface area contributed by atoms with Crippen molar-refractivity contribution in [2.24, 2.45) is 0 Å². The van der Waals surface area contributed by atoms with Gasteiger partial charge in [-0.05, 0) is 37.5 Å². The zero-order valence-corrected chi connectivity index (χ0v) is 24.1. The molecular formula is C30H37Cl3N4. The van der Waals surface area contributed by atoms with Gasteiger partial charge in [0.15, 0.2) is 0 Å². The summed E-state index contributed by atoms with van der Waals surface area (Å²) in [6, 6.07) is 30.4. The molecule has 0 bridgehead atoms. The minimum absolute atomic E-state index is 0. The molecule has 7 heteroatoms. The van der Waals surface area contributed by atoms with Gasteiger partial charge < -0.3 is 10.3 Å². The third-order valence-corrected chi connectivity index (χ3v) is 7.37. The lowest BCUT2D eigenvalue weighted by Gasteiger charge is -2.48. The maximum absolute atomic E-state index is 5.34. The predicted molar refractivity (Wildman–Crippen MR) is 162 cm³/mol. The van der Waals surface area contributed by atoms with Crippen LogP contribution in [0, 0.1) is 13.8 Å². The molecule has 2 N–H and O–H groups in total. The van der Waals surface area contributed by atoms with Crippen molar-refractivity contribution < 1.29 is 0 Å². The fourth-order valence-electron chi connectivity index (χ4n) is 5.65. The summed E-state index contributed by atoms with van der Waals surface area (Å²) in [6.07, 6.45) is 0. The van der Waals surface area contributed by atoms with E-state index in [9.17, 15) is 0 Å². The van der Waals surface area contributed by atoms with Crippen LogP contribution < -0.4 is 5.32 Å². The molecule has 37 heavy (non-hydrogen) atoms. The Balaban J connectivity index is 0.00000160. The van der Waals surface area contributed by atoms with Gasteiger partial charge in [0.25, 0.3) is 0 Å². The van der Waals surface area contributed by atoms with Gasteiger partial charge in [-0.15, -0.1) is 37.2 Å². The Morgan fingerprint density at radius 1 is 0.757 bits per heavy atom. The minimum Gasteiger partial charge on any atom is -0.342 e. The number of hydrogen-bond acceptors (Lipinski definition) is 3. The van der Waals surface area contributed by atoms with Gasteiger partial charge in [0.05, 0.1) is 11.2 Å². The van der Waals surface area contributed by atoms with Crippen molar-refractivity contribution in [3.63, 3.8) is 0 Å². The van der Waals surface area contributed by atoms with Crippen molar-refractivity contribution in [1.29, 1.82) is 0 Å². The van der Waals surface area contributed by atoms with E-state index >= 15 is 0 Å². The van der Waals surface area contributed by atoms with Crippen molar-refractivity contribution >= 4 is 37.2 Å². The Morgan fingerprint density at radius 3 is 1.81 bits per heavy atom. The van der Waals surface area contributed by atoms with Gasteiger partial charge in [-0.25, -0.2) is 4.98 Å². The van der Waals surface area contributed by atoms with Crippen LogP contribution in [0.25, 0.3) is 11.4 Å². The number of aryl methyl sites for hydroxylation is 2. The molecule has 4 nitrogen and oxygen atoms in total. The molecule has 2 heterocycles. The average molecular weight is 560 g/mol. The molecule has 198 valence electrons. The highest BCUT2D eigenvalue weighted by Gasteiger charge is 2.46. The van der Waals surface area contributed by atoms with E-state index in [0.29, 0.717) is 0 Å². The number of nitrogens with one attached hydrogen (secondary N) is 2. The molecule has 1 saturated heterocycles. The summed E-state index contributed by atoms with van der Waals surface area (Å²) in [4.78, 5) is 11.6. The molecule has 0 radical (unpaired) electrons. The van der Waals surface area contributed by atoms with Crippen LogP contribution in [-0.4, -0.2) is 41.0 Å². The lowest BCUT2D eigenvalue weighted by Crippen LogP contribution is -2.56. The topological polar surface area (TPSA) is 44.0 Å². The van der Waals surface area contributed by atoms with Crippen LogP contribution in [0.5, 0.6) is 0 Å². The molecule has 4 aromatic rings. The zero-order chi connectivity index (χ0) is 23.5. The van der Waals surface area contributed by atoms with E-state index in [2.05, 4.69) is 121 Å². The third kappa shape index (κ3) is 6.05. The van der Waals surface area contributed by atoms with Gasteiger partial charge >= 0.3 is 0 Å². The summed E-state index contributed by atoms with van der Waals surface area (Å²) in [5.41, 5.74) is 6.96. The number of H-pyrrole nitrogens is 1. The van der Waals surface area contributed by atoms with Crippen LogP contribution >= 0.6 is 37.2 Å². The summed E-state index contributed by atoms with van der Waals surface area (Å²) in [5.74, 6) is 1.09. The predicted octanol–water partition coefficient (Wildman–Crippen LogP) is 6.91. The van der Waals surface area contributed by atoms with Crippen molar-refractivity contribution in [2.75, 3.05) is 26.2 Å². The summed E-state index contributed by atoms with van der Waals surface area (Å²) in [5, 5.41) is 3.54. The smallest absolute Gasteiger partial charge is 0.138 e. The summed E-state index contributed by atoms with van der Waals surface area (Å²) < 4.78 is 0. The lowest BCUT2D eigenvalue weighted by molar-refractivity contribution is 0.0673. The summed E-state index contributed by atoms with van der Waals surface area (Å²) >= 11 is 0. The highest BCUT2D eigenvalue weighted by atomic mass is 35.5. The molecule has 0 aliphatic carbocycles. The quantitative estimate of drug-likeness (QED) is 0.270. The van der Waals surface area contributed by atoms with E-state index in [1.807, 2.05) is 0 Å². The molecule has 0 saturated carbocycles. The first-order chi connectivity index (χ1) is 16.6. The van der Waals surface area contributed by atoms with Gasteiger partial charge in [0.2, 0.25) is 0 Å². The van der Waals surface area contributed by atoms with E-state index in [-0.39, 0.29) is 48.7 Å². The SMILES string of the molecule is Cc1ccccc1-c1nc(C(C)(C(c2ccccc2)c2ccccc2)N2CCNCC2)c(C)[nH]1.Cl.Cl.Cl. The molecule has 1 aromatic heterocycles. The molecule has 1 aliphatic rings. The van der Waals surface area contributed by atoms with Crippen LogP contribution in [-0.2, 0) is 5.54 Å². The molecule has 3 aromatic carbocycles. The number of piperazine rings is 1. The standard InChI is InChI=1S/C30H34N4.3ClH/c1-22-12-10-11-17-26(22)29-32-23(2)28(33-29)30(3,34-20-18-31-19-21-34)27(24-13-6-4-7-14-24)25-15-8-5-9-16-25;;;/h4-17,27,31H,18-21H2,1-3H3,(H,32,33);3*1H. The van der Waals surface area contributed by atoms with Crippen molar-refractivity contribution in [1.82, 2.24) is 20.2 Å². The molecule has 1 aliphatic heterocycles. The largest absolute Gasteiger partial charge is 0.342 e.